The number of aromatic nitrogens is 2. The van der Waals surface area contributed by atoms with E-state index in [9.17, 15) is 14.4 Å². The summed E-state index contributed by atoms with van der Waals surface area (Å²) in [6, 6.07) is 10.6. The van der Waals surface area contributed by atoms with Crippen LogP contribution in [0.5, 0.6) is 0 Å². The van der Waals surface area contributed by atoms with Gasteiger partial charge in [-0.15, -0.1) is 0 Å². The molecule has 26 heavy (non-hydrogen) atoms. The van der Waals surface area contributed by atoms with E-state index in [0.29, 0.717) is 29.5 Å². The highest BCUT2D eigenvalue weighted by atomic mass is 32.2. The van der Waals surface area contributed by atoms with E-state index in [4.69, 9.17) is 0 Å². The predicted octanol–water partition coefficient (Wildman–Crippen LogP) is 2.29. The number of aromatic amines is 1. The zero-order valence-corrected chi connectivity index (χ0v) is 15.4. The molecule has 7 heteroatoms. The van der Waals surface area contributed by atoms with Crippen LogP contribution in [0.1, 0.15) is 28.9 Å². The quantitative estimate of drug-likeness (QED) is 0.495. The Morgan fingerprint density at radius 3 is 2.81 bits per heavy atom. The van der Waals surface area contributed by atoms with Gasteiger partial charge in [0.25, 0.3) is 5.56 Å². The number of piperidine rings is 1. The van der Waals surface area contributed by atoms with Crippen molar-refractivity contribution in [3.63, 3.8) is 0 Å². The average Bonchev–Trinajstić information content (AvgIpc) is 2.65. The van der Waals surface area contributed by atoms with E-state index in [1.54, 1.807) is 11.8 Å². The Balaban J connectivity index is 1.59. The summed E-state index contributed by atoms with van der Waals surface area (Å²) in [5.74, 6) is 0.0979. The van der Waals surface area contributed by atoms with Gasteiger partial charge in [-0.3, -0.25) is 14.4 Å². The molecule has 0 radical (unpaired) electrons. The Bertz CT molecular complexity index is 851. The second kappa shape index (κ2) is 8.31. The number of thioether (sulfide) groups is 1. The maximum atomic E-state index is 12.6. The van der Waals surface area contributed by atoms with Crippen molar-refractivity contribution in [3.05, 3.63) is 58.0 Å². The van der Waals surface area contributed by atoms with Crippen LogP contribution in [0.15, 0.2) is 46.3 Å². The number of carbonyl (C=O) groups excluding carboxylic acids is 2. The number of ketones is 1. The van der Waals surface area contributed by atoms with Crippen LogP contribution in [0.25, 0.3) is 0 Å². The number of aryl methyl sites for hydroxylation is 1. The molecule has 1 saturated heterocycles. The first-order valence-corrected chi connectivity index (χ1v) is 9.59. The van der Waals surface area contributed by atoms with Crippen molar-refractivity contribution in [1.82, 2.24) is 14.9 Å². The monoisotopic (exact) mass is 371 g/mol. The molecular weight excluding hydrogens is 350 g/mol. The first-order chi connectivity index (χ1) is 12.5. The molecule has 1 aromatic heterocycles. The maximum absolute atomic E-state index is 12.6. The van der Waals surface area contributed by atoms with Gasteiger partial charge in [0.1, 0.15) is 0 Å². The number of nitrogens with one attached hydrogen (secondary N) is 1. The number of amides is 1. The highest BCUT2D eigenvalue weighted by Gasteiger charge is 2.28. The molecule has 1 aliphatic heterocycles. The van der Waals surface area contributed by atoms with Gasteiger partial charge >= 0.3 is 0 Å². The van der Waals surface area contributed by atoms with Crippen molar-refractivity contribution in [2.45, 2.75) is 24.9 Å². The van der Waals surface area contributed by atoms with Crippen molar-refractivity contribution in [2.24, 2.45) is 5.92 Å². The Morgan fingerprint density at radius 1 is 1.31 bits per heavy atom. The lowest BCUT2D eigenvalue weighted by Crippen LogP contribution is -2.43. The molecule has 136 valence electrons. The number of hydrogen-bond donors (Lipinski definition) is 1. The second-order valence-corrected chi connectivity index (χ2v) is 7.35. The summed E-state index contributed by atoms with van der Waals surface area (Å²) in [6.07, 6.45) is 1.62. The van der Waals surface area contributed by atoms with Gasteiger partial charge in [0.2, 0.25) is 5.91 Å². The minimum absolute atomic E-state index is 0.0373. The van der Waals surface area contributed by atoms with Gasteiger partial charge in [0.05, 0.1) is 5.75 Å². The molecule has 0 saturated carbocycles. The van der Waals surface area contributed by atoms with Crippen LogP contribution < -0.4 is 5.56 Å². The molecule has 6 nitrogen and oxygen atoms in total. The first-order valence-electron chi connectivity index (χ1n) is 8.61. The van der Waals surface area contributed by atoms with E-state index < -0.39 is 0 Å². The first kappa shape index (κ1) is 18.4. The molecule has 1 atom stereocenters. The van der Waals surface area contributed by atoms with Crippen molar-refractivity contribution in [2.75, 3.05) is 18.8 Å². The molecule has 0 aliphatic carbocycles. The standard InChI is InChI=1S/C19H21N3O3S/c1-13-10-16(23)21-19(20-13)26-12-17(24)22-9-5-8-15(11-22)18(25)14-6-3-2-4-7-14/h2-4,6-7,10,15H,5,8-9,11-12H2,1H3,(H,20,21,23)/t15-/m1/s1. The summed E-state index contributed by atoms with van der Waals surface area (Å²) < 4.78 is 0. The van der Waals surface area contributed by atoms with Gasteiger partial charge in [-0.25, -0.2) is 4.98 Å². The van der Waals surface area contributed by atoms with Crippen LogP contribution in [0.3, 0.4) is 0 Å². The number of Topliss-reactive ketones (excluding diaryl/α,β-unsaturated/α-hetero) is 1. The third kappa shape index (κ3) is 4.60. The van der Waals surface area contributed by atoms with Gasteiger partial charge in [-0.05, 0) is 19.8 Å². The largest absolute Gasteiger partial charge is 0.341 e. The van der Waals surface area contributed by atoms with Gasteiger partial charge in [0.15, 0.2) is 10.9 Å². The van der Waals surface area contributed by atoms with Crippen LogP contribution in [0, 0.1) is 12.8 Å². The topological polar surface area (TPSA) is 83.1 Å². The lowest BCUT2D eigenvalue weighted by molar-refractivity contribution is -0.129. The van der Waals surface area contributed by atoms with E-state index in [1.165, 1.54) is 17.8 Å². The molecular formula is C19H21N3O3S. The van der Waals surface area contributed by atoms with Crippen LogP contribution in [-0.4, -0.2) is 45.4 Å². The lowest BCUT2D eigenvalue weighted by Gasteiger charge is -2.32. The Kier molecular flexibility index (Phi) is 5.88. The van der Waals surface area contributed by atoms with Crippen molar-refractivity contribution in [3.8, 4) is 0 Å². The molecule has 0 spiro atoms. The molecule has 3 rings (SSSR count). The maximum Gasteiger partial charge on any atom is 0.251 e. The zero-order chi connectivity index (χ0) is 18.5. The molecule has 1 N–H and O–H groups in total. The number of carbonyl (C=O) groups is 2. The van der Waals surface area contributed by atoms with Crippen LogP contribution in [-0.2, 0) is 4.79 Å². The number of hydrogen-bond acceptors (Lipinski definition) is 5. The molecule has 1 aromatic carbocycles. The van der Waals surface area contributed by atoms with E-state index in [0.717, 1.165) is 12.8 Å². The minimum Gasteiger partial charge on any atom is -0.341 e. The molecule has 1 aliphatic rings. The Morgan fingerprint density at radius 2 is 2.08 bits per heavy atom. The van der Waals surface area contributed by atoms with Crippen molar-refractivity contribution >= 4 is 23.5 Å². The van der Waals surface area contributed by atoms with E-state index in [1.807, 2.05) is 30.3 Å². The third-order valence-corrected chi connectivity index (χ3v) is 5.24. The molecule has 1 fully saturated rings. The van der Waals surface area contributed by atoms with Crippen molar-refractivity contribution < 1.29 is 9.59 Å². The van der Waals surface area contributed by atoms with Crippen LogP contribution in [0.4, 0.5) is 0 Å². The lowest BCUT2D eigenvalue weighted by atomic mass is 9.90. The highest BCUT2D eigenvalue weighted by Crippen LogP contribution is 2.22. The summed E-state index contributed by atoms with van der Waals surface area (Å²) in [4.78, 5) is 45.2. The Hall–Kier alpha value is -2.41. The number of H-pyrrole nitrogens is 1. The molecule has 1 amide bonds. The number of benzene rings is 1. The number of likely N-dealkylation sites (tertiary alicyclic amines) is 1. The van der Waals surface area contributed by atoms with Gasteiger partial charge in [-0.1, -0.05) is 42.1 Å². The summed E-state index contributed by atoms with van der Waals surface area (Å²) in [6.45, 7) is 2.85. The summed E-state index contributed by atoms with van der Waals surface area (Å²) in [5, 5.41) is 0.442. The fourth-order valence-electron chi connectivity index (χ4n) is 3.10. The predicted molar refractivity (Wildman–Crippen MR) is 100 cm³/mol. The summed E-state index contributed by atoms with van der Waals surface area (Å²) in [5.41, 5.74) is 1.09. The van der Waals surface area contributed by atoms with Gasteiger partial charge < -0.3 is 9.88 Å². The molecule has 2 heterocycles. The SMILES string of the molecule is Cc1cc(=O)[nH]c(SCC(=O)N2CCC[C@@H](C(=O)c3ccccc3)C2)n1. The van der Waals surface area contributed by atoms with Crippen LogP contribution in [0.2, 0.25) is 0 Å². The van der Waals surface area contributed by atoms with Crippen molar-refractivity contribution in [1.29, 1.82) is 0 Å². The van der Waals surface area contributed by atoms with E-state index >= 15 is 0 Å². The second-order valence-electron chi connectivity index (χ2n) is 6.39. The highest BCUT2D eigenvalue weighted by molar-refractivity contribution is 7.99. The summed E-state index contributed by atoms with van der Waals surface area (Å²) in [7, 11) is 0. The minimum atomic E-state index is -0.223. The van der Waals surface area contributed by atoms with E-state index in [2.05, 4.69) is 9.97 Å². The molecule has 2 aromatic rings. The van der Waals surface area contributed by atoms with Gasteiger partial charge in [0, 0.05) is 36.3 Å². The number of rotatable bonds is 5. The summed E-state index contributed by atoms with van der Waals surface area (Å²) >= 11 is 1.21. The average molecular weight is 371 g/mol. The van der Waals surface area contributed by atoms with Crippen LogP contribution >= 0.6 is 11.8 Å². The molecule has 0 bridgehead atoms. The zero-order valence-electron chi connectivity index (χ0n) is 14.6. The Labute approximate surface area is 156 Å². The normalized spacial score (nSPS) is 17.1. The third-order valence-electron chi connectivity index (χ3n) is 4.38. The van der Waals surface area contributed by atoms with Gasteiger partial charge in [-0.2, -0.15) is 0 Å². The van der Waals surface area contributed by atoms with E-state index in [-0.39, 0.29) is 28.9 Å². The number of nitrogens with zero attached hydrogens (tertiary/aromatic N) is 2. The smallest absolute Gasteiger partial charge is 0.251 e. The fourth-order valence-corrected chi connectivity index (χ4v) is 3.92. The fraction of sp³-hybridized carbons (Fsp3) is 0.368. The molecule has 0 unspecified atom stereocenters.